The Bertz CT molecular complexity index is 575. The molecule has 0 saturated carbocycles. The van der Waals surface area contributed by atoms with Gasteiger partial charge < -0.3 is 14.5 Å². The van der Waals surface area contributed by atoms with Gasteiger partial charge in [0.05, 0.1) is 12.4 Å². The van der Waals surface area contributed by atoms with Gasteiger partial charge in [0.15, 0.2) is 17.3 Å². The van der Waals surface area contributed by atoms with E-state index in [1.165, 1.54) is 0 Å². The van der Waals surface area contributed by atoms with Crippen LogP contribution >= 0.6 is 0 Å². The molecule has 1 fully saturated rings. The van der Waals surface area contributed by atoms with Gasteiger partial charge in [0, 0.05) is 26.7 Å². The van der Waals surface area contributed by atoms with E-state index in [0.717, 1.165) is 24.5 Å². The number of nitriles is 1. The van der Waals surface area contributed by atoms with Gasteiger partial charge in [0.1, 0.15) is 18.4 Å². The van der Waals surface area contributed by atoms with Crippen LogP contribution in [0.25, 0.3) is 0 Å². The molecule has 2 aliphatic rings. The molecule has 0 unspecified atom stereocenters. The lowest BCUT2D eigenvalue weighted by Gasteiger charge is -2.45. The number of aromatic nitrogens is 1. The van der Waals surface area contributed by atoms with Gasteiger partial charge in [-0.15, -0.1) is 0 Å². The fourth-order valence-corrected chi connectivity index (χ4v) is 2.22. The Morgan fingerprint density at radius 2 is 2.47 bits per heavy atom. The highest BCUT2D eigenvalue weighted by molar-refractivity contribution is 5.69. The van der Waals surface area contributed by atoms with E-state index in [-0.39, 0.29) is 0 Å². The van der Waals surface area contributed by atoms with E-state index in [1.807, 2.05) is 19.0 Å². The highest BCUT2D eigenvalue weighted by Gasteiger charge is 2.36. The second kappa shape index (κ2) is 4.43. The van der Waals surface area contributed by atoms with Crippen LogP contribution in [0.5, 0.6) is 5.75 Å². The summed E-state index contributed by atoms with van der Waals surface area (Å²) in [5.74, 6) is 1.50. The first kappa shape index (κ1) is 11.8. The Labute approximate surface area is 111 Å². The fourth-order valence-electron chi connectivity index (χ4n) is 2.22. The smallest absolute Gasteiger partial charge is 0.173 e. The summed E-state index contributed by atoms with van der Waals surface area (Å²) in [4.78, 5) is 12.7. The van der Waals surface area contributed by atoms with Gasteiger partial charge in [-0.1, -0.05) is 0 Å². The van der Waals surface area contributed by atoms with E-state index < -0.39 is 0 Å². The Morgan fingerprint density at radius 1 is 1.63 bits per heavy atom. The maximum Gasteiger partial charge on any atom is 0.173 e. The molecule has 19 heavy (non-hydrogen) atoms. The first-order valence-corrected chi connectivity index (χ1v) is 6.24. The molecular formula is C13H15N5O. The number of hydrogen-bond acceptors (Lipinski definition) is 5. The van der Waals surface area contributed by atoms with Crippen LogP contribution in [0.4, 0.5) is 11.5 Å². The quantitative estimate of drug-likeness (QED) is 0.587. The Hall–Kier alpha value is -2.29. The maximum atomic E-state index is 9.20. The molecule has 3 rings (SSSR count). The van der Waals surface area contributed by atoms with Crippen LogP contribution in [0.15, 0.2) is 11.1 Å². The van der Waals surface area contributed by atoms with E-state index in [0.29, 0.717) is 24.0 Å². The molecule has 0 N–H and O–H groups in total. The minimum Gasteiger partial charge on any atom is -0.487 e. The van der Waals surface area contributed by atoms with Crippen LogP contribution in [0, 0.1) is 11.3 Å². The number of rotatable bonds is 2. The number of ether oxygens (including phenoxy) is 1. The molecule has 0 aliphatic carbocycles. The van der Waals surface area contributed by atoms with Gasteiger partial charge in [-0.2, -0.15) is 5.26 Å². The lowest BCUT2D eigenvalue weighted by Crippen LogP contribution is -2.54. The molecule has 0 aromatic carbocycles. The fraction of sp³-hybridized carbons (Fsp3) is 0.462. The molecule has 1 aromatic rings. The van der Waals surface area contributed by atoms with E-state index in [9.17, 15) is 5.26 Å². The van der Waals surface area contributed by atoms with Gasteiger partial charge >= 0.3 is 0 Å². The SMILES string of the molecule is CN(C)/C=N\c1cc2c(nc1C#N)N1CC[C@H]1CO2. The topological polar surface area (TPSA) is 64.8 Å². The molecule has 2 aliphatic heterocycles. The van der Waals surface area contributed by atoms with Crippen LogP contribution in [0.1, 0.15) is 12.1 Å². The zero-order chi connectivity index (χ0) is 13.4. The molecule has 0 amide bonds. The molecule has 0 spiro atoms. The average Bonchev–Trinajstić information content (AvgIpc) is 2.35. The van der Waals surface area contributed by atoms with E-state index in [4.69, 9.17) is 4.74 Å². The van der Waals surface area contributed by atoms with Gasteiger partial charge in [-0.3, -0.25) is 0 Å². The lowest BCUT2D eigenvalue weighted by molar-refractivity contribution is 0.221. The lowest BCUT2D eigenvalue weighted by atomic mass is 10.0. The first-order chi connectivity index (χ1) is 9.19. The van der Waals surface area contributed by atoms with Crippen LogP contribution in [-0.2, 0) is 0 Å². The van der Waals surface area contributed by atoms with Crippen LogP contribution in [-0.4, -0.2) is 49.5 Å². The van der Waals surface area contributed by atoms with Crippen molar-refractivity contribution in [2.75, 3.05) is 32.1 Å². The summed E-state index contributed by atoms with van der Waals surface area (Å²) in [6.45, 7) is 1.68. The largest absolute Gasteiger partial charge is 0.487 e. The van der Waals surface area contributed by atoms with Crippen molar-refractivity contribution in [3.63, 3.8) is 0 Å². The van der Waals surface area contributed by atoms with E-state index >= 15 is 0 Å². The average molecular weight is 257 g/mol. The molecule has 6 heteroatoms. The van der Waals surface area contributed by atoms with Crippen molar-refractivity contribution in [1.82, 2.24) is 9.88 Å². The van der Waals surface area contributed by atoms with Gasteiger partial charge in [0.25, 0.3) is 0 Å². The highest BCUT2D eigenvalue weighted by Crippen LogP contribution is 2.40. The highest BCUT2D eigenvalue weighted by atomic mass is 16.5. The molecule has 1 aromatic heterocycles. The van der Waals surface area contributed by atoms with Crippen molar-refractivity contribution >= 4 is 17.8 Å². The van der Waals surface area contributed by atoms with E-state index in [2.05, 4.69) is 20.9 Å². The normalized spacial score (nSPS) is 20.1. The van der Waals surface area contributed by atoms with Crippen LogP contribution in [0.3, 0.4) is 0 Å². The monoisotopic (exact) mass is 257 g/mol. The number of fused-ring (bicyclic) bond motifs is 3. The molecule has 0 bridgehead atoms. The van der Waals surface area contributed by atoms with Gasteiger partial charge in [0.2, 0.25) is 0 Å². The zero-order valence-electron chi connectivity index (χ0n) is 11.0. The Kier molecular flexibility index (Phi) is 2.75. The van der Waals surface area contributed by atoms with Crippen molar-refractivity contribution in [2.24, 2.45) is 4.99 Å². The summed E-state index contributed by atoms with van der Waals surface area (Å²) in [6.07, 6.45) is 2.78. The third-order valence-electron chi connectivity index (χ3n) is 3.33. The van der Waals surface area contributed by atoms with Crippen molar-refractivity contribution in [3.05, 3.63) is 11.8 Å². The second-order valence-corrected chi connectivity index (χ2v) is 4.94. The number of aliphatic imine (C=N–C) groups is 1. The van der Waals surface area contributed by atoms with Crippen LogP contribution < -0.4 is 9.64 Å². The molecule has 98 valence electrons. The molecule has 3 heterocycles. The molecule has 6 nitrogen and oxygen atoms in total. The summed E-state index contributed by atoms with van der Waals surface area (Å²) in [5, 5.41) is 9.20. The van der Waals surface area contributed by atoms with Gasteiger partial charge in [-0.05, 0) is 6.42 Å². The molecule has 1 saturated heterocycles. The summed E-state index contributed by atoms with van der Waals surface area (Å²) in [7, 11) is 3.76. The molecular weight excluding hydrogens is 242 g/mol. The van der Waals surface area contributed by atoms with Crippen molar-refractivity contribution < 1.29 is 4.74 Å². The maximum absolute atomic E-state index is 9.20. The van der Waals surface area contributed by atoms with Crippen molar-refractivity contribution in [1.29, 1.82) is 5.26 Å². The van der Waals surface area contributed by atoms with E-state index in [1.54, 1.807) is 12.4 Å². The summed E-state index contributed by atoms with van der Waals surface area (Å²) >= 11 is 0. The minimum absolute atomic E-state index is 0.341. The number of anilines is 1. The second-order valence-electron chi connectivity index (χ2n) is 4.94. The number of pyridine rings is 1. The summed E-state index contributed by atoms with van der Waals surface area (Å²) in [5.41, 5.74) is 0.891. The molecule has 1 atom stereocenters. The van der Waals surface area contributed by atoms with Crippen LogP contribution in [0.2, 0.25) is 0 Å². The van der Waals surface area contributed by atoms with Crippen molar-refractivity contribution in [3.8, 4) is 11.8 Å². The Balaban J connectivity index is 2.01. The predicted octanol–water partition coefficient (Wildman–Crippen LogP) is 1.15. The third-order valence-corrected chi connectivity index (χ3v) is 3.33. The molecule has 0 radical (unpaired) electrons. The number of hydrogen-bond donors (Lipinski definition) is 0. The summed E-state index contributed by atoms with van der Waals surface area (Å²) < 4.78 is 5.70. The van der Waals surface area contributed by atoms with Crippen molar-refractivity contribution in [2.45, 2.75) is 12.5 Å². The zero-order valence-corrected chi connectivity index (χ0v) is 11.0. The Morgan fingerprint density at radius 3 is 3.11 bits per heavy atom. The number of nitrogens with zero attached hydrogens (tertiary/aromatic N) is 5. The third kappa shape index (κ3) is 1.97. The summed E-state index contributed by atoms with van der Waals surface area (Å²) in [6, 6.07) is 4.32. The minimum atomic E-state index is 0.341. The standard InChI is InChI=1S/C13H15N5O/c1-17(2)8-15-10-5-12-13(16-11(10)6-14)18-4-3-9(18)7-19-12/h5,8-9H,3-4,7H2,1-2H3/b15-8-/t9-/m0/s1. The predicted molar refractivity (Wildman–Crippen MR) is 72.0 cm³/mol. The van der Waals surface area contributed by atoms with Gasteiger partial charge in [-0.25, -0.2) is 9.98 Å². The first-order valence-electron chi connectivity index (χ1n) is 6.24.